The van der Waals surface area contributed by atoms with Gasteiger partial charge in [0.05, 0.1) is 31.6 Å². The number of rotatable bonds is 7. The van der Waals surface area contributed by atoms with Crippen LogP contribution in [0.5, 0.6) is 11.5 Å². The minimum atomic E-state index is -2.97. The van der Waals surface area contributed by atoms with Crippen LogP contribution in [0.15, 0.2) is 48.5 Å². The number of carbonyl (C=O) groups excluding carboxylic acids is 2. The fraction of sp³-hybridized carbons (Fsp3) is 0.273. The van der Waals surface area contributed by atoms with Crippen LogP contribution in [-0.2, 0) is 9.53 Å². The molecular formula is C22H22F2N2O5. The molecule has 1 fully saturated rings. The van der Waals surface area contributed by atoms with Gasteiger partial charge in [-0.3, -0.25) is 9.59 Å². The number of hydrogen-bond acceptors (Lipinski definition) is 5. The zero-order chi connectivity index (χ0) is 22.2. The number of halogens is 2. The first kappa shape index (κ1) is 22.2. The molecule has 164 valence electrons. The molecule has 1 N–H and O–H groups in total. The van der Waals surface area contributed by atoms with E-state index in [4.69, 9.17) is 9.47 Å². The number of ether oxygens (including phenoxy) is 3. The molecule has 0 spiro atoms. The Morgan fingerprint density at radius 2 is 1.87 bits per heavy atom. The third-order valence-electron chi connectivity index (χ3n) is 4.54. The highest BCUT2D eigenvalue weighted by atomic mass is 19.3. The van der Waals surface area contributed by atoms with Crippen molar-refractivity contribution in [2.24, 2.45) is 0 Å². The van der Waals surface area contributed by atoms with Crippen LogP contribution in [0.1, 0.15) is 15.9 Å². The Bertz CT molecular complexity index is 959. The van der Waals surface area contributed by atoms with Crippen molar-refractivity contribution in [3.8, 4) is 11.5 Å². The maximum Gasteiger partial charge on any atom is 0.387 e. The number of amides is 2. The monoisotopic (exact) mass is 432 g/mol. The van der Waals surface area contributed by atoms with Crippen molar-refractivity contribution in [3.63, 3.8) is 0 Å². The number of morpholine rings is 1. The van der Waals surface area contributed by atoms with E-state index in [0.29, 0.717) is 43.1 Å². The number of nitrogens with one attached hydrogen (secondary N) is 1. The summed E-state index contributed by atoms with van der Waals surface area (Å²) in [5.41, 5.74) is 1.33. The van der Waals surface area contributed by atoms with E-state index in [1.54, 1.807) is 29.2 Å². The fourth-order valence-corrected chi connectivity index (χ4v) is 3.04. The summed E-state index contributed by atoms with van der Waals surface area (Å²) in [4.78, 5) is 26.9. The standard InChI is InChI=1S/C22H22F2N2O5/c1-29-19-14-15(6-8-18(19)31-22(23)24)7-9-20(27)25-17-5-3-2-4-16(17)21(28)26-10-12-30-13-11-26/h2-9,14,22H,10-13H2,1H3,(H,25,27)/b9-7+. The number of methoxy groups -OCH3 is 1. The highest BCUT2D eigenvalue weighted by Gasteiger charge is 2.21. The van der Waals surface area contributed by atoms with E-state index in [1.165, 1.54) is 37.5 Å². The molecule has 1 saturated heterocycles. The first-order valence-electron chi connectivity index (χ1n) is 9.56. The van der Waals surface area contributed by atoms with Crippen LogP contribution in [0.4, 0.5) is 14.5 Å². The first-order chi connectivity index (χ1) is 15.0. The molecule has 0 atom stereocenters. The van der Waals surface area contributed by atoms with Gasteiger partial charge in [-0.15, -0.1) is 0 Å². The highest BCUT2D eigenvalue weighted by molar-refractivity contribution is 6.07. The molecule has 2 aromatic carbocycles. The second-order valence-corrected chi connectivity index (χ2v) is 6.56. The lowest BCUT2D eigenvalue weighted by Crippen LogP contribution is -2.41. The molecule has 9 heteroatoms. The smallest absolute Gasteiger partial charge is 0.387 e. The maximum atomic E-state index is 12.8. The normalized spacial score (nSPS) is 14.0. The second-order valence-electron chi connectivity index (χ2n) is 6.56. The molecular weight excluding hydrogens is 410 g/mol. The van der Waals surface area contributed by atoms with Gasteiger partial charge in [0.2, 0.25) is 5.91 Å². The molecule has 0 radical (unpaired) electrons. The molecule has 1 heterocycles. The zero-order valence-corrected chi connectivity index (χ0v) is 16.8. The molecule has 0 aromatic heterocycles. The van der Waals surface area contributed by atoms with E-state index in [9.17, 15) is 18.4 Å². The molecule has 0 aliphatic carbocycles. The van der Waals surface area contributed by atoms with Gasteiger partial charge in [-0.2, -0.15) is 8.78 Å². The van der Waals surface area contributed by atoms with Crippen molar-refractivity contribution in [2.75, 3.05) is 38.7 Å². The molecule has 0 saturated carbocycles. The number of carbonyl (C=O) groups is 2. The van der Waals surface area contributed by atoms with Crippen LogP contribution in [-0.4, -0.2) is 56.7 Å². The predicted molar refractivity (Wildman–Crippen MR) is 110 cm³/mol. The number of benzene rings is 2. The van der Waals surface area contributed by atoms with Gasteiger partial charge >= 0.3 is 6.61 Å². The lowest BCUT2D eigenvalue weighted by atomic mass is 10.1. The molecule has 2 aromatic rings. The Labute approximate surface area is 178 Å². The van der Waals surface area contributed by atoms with E-state index < -0.39 is 12.5 Å². The summed E-state index contributed by atoms with van der Waals surface area (Å²) < 4.78 is 39.5. The molecule has 0 bridgehead atoms. The third kappa shape index (κ3) is 6.02. The van der Waals surface area contributed by atoms with E-state index in [0.717, 1.165) is 0 Å². The average molecular weight is 432 g/mol. The lowest BCUT2D eigenvalue weighted by Gasteiger charge is -2.27. The fourth-order valence-electron chi connectivity index (χ4n) is 3.04. The Morgan fingerprint density at radius 3 is 2.58 bits per heavy atom. The number of nitrogens with zero attached hydrogens (tertiary/aromatic N) is 1. The summed E-state index contributed by atoms with van der Waals surface area (Å²) in [6.07, 6.45) is 2.77. The van der Waals surface area contributed by atoms with Gasteiger partial charge in [0.1, 0.15) is 0 Å². The van der Waals surface area contributed by atoms with Crippen LogP contribution < -0.4 is 14.8 Å². The Kier molecular flexibility index (Phi) is 7.55. The number of para-hydroxylation sites is 1. The molecule has 7 nitrogen and oxygen atoms in total. The highest BCUT2D eigenvalue weighted by Crippen LogP contribution is 2.30. The van der Waals surface area contributed by atoms with Crippen molar-refractivity contribution in [2.45, 2.75) is 6.61 Å². The maximum absolute atomic E-state index is 12.8. The van der Waals surface area contributed by atoms with E-state index >= 15 is 0 Å². The van der Waals surface area contributed by atoms with Crippen molar-refractivity contribution in [1.82, 2.24) is 4.90 Å². The number of hydrogen-bond donors (Lipinski definition) is 1. The van der Waals surface area contributed by atoms with Crippen LogP contribution in [0, 0.1) is 0 Å². The van der Waals surface area contributed by atoms with Crippen LogP contribution in [0.25, 0.3) is 6.08 Å². The van der Waals surface area contributed by atoms with Gasteiger partial charge in [-0.05, 0) is 35.9 Å². The molecule has 1 aliphatic heterocycles. The van der Waals surface area contributed by atoms with Crippen LogP contribution in [0.3, 0.4) is 0 Å². The summed E-state index contributed by atoms with van der Waals surface area (Å²) in [7, 11) is 1.33. The van der Waals surface area contributed by atoms with Crippen LogP contribution in [0.2, 0.25) is 0 Å². The molecule has 3 rings (SSSR count). The minimum Gasteiger partial charge on any atom is -0.493 e. The number of alkyl halides is 2. The van der Waals surface area contributed by atoms with Crippen molar-refractivity contribution < 1.29 is 32.6 Å². The van der Waals surface area contributed by atoms with Gasteiger partial charge in [0.25, 0.3) is 5.91 Å². The minimum absolute atomic E-state index is 0.102. The van der Waals surface area contributed by atoms with Gasteiger partial charge < -0.3 is 24.4 Å². The van der Waals surface area contributed by atoms with Crippen molar-refractivity contribution >= 4 is 23.6 Å². The summed E-state index contributed by atoms with van der Waals surface area (Å²) in [6, 6.07) is 11.1. The van der Waals surface area contributed by atoms with E-state index in [2.05, 4.69) is 10.1 Å². The van der Waals surface area contributed by atoms with Gasteiger partial charge in [0.15, 0.2) is 11.5 Å². The molecule has 1 aliphatic rings. The lowest BCUT2D eigenvalue weighted by molar-refractivity contribution is -0.111. The topological polar surface area (TPSA) is 77.1 Å². The van der Waals surface area contributed by atoms with Gasteiger partial charge in [-0.25, -0.2) is 0 Å². The molecule has 0 unspecified atom stereocenters. The number of anilines is 1. The SMILES string of the molecule is COc1cc(/C=C/C(=O)Nc2ccccc2C(=O)N2CCOCC2)ccc1OC(F)F. The van der Waals surface area contributed by atoms with E-state index in [1.807, 2.05) is 0 Å². The average Bonchev–Trinajstić information content (AvgIpc) is 2.78. The quantitative estimate of drug-likeness (QED) is 0.679. The Balaban J connectivity index is 1.70. The zero-order valence-electron chi connectivity index (χ0n) is 16.8. The Morgan fingerprint density at radius 1 is 1.13 bits per heavy atom. The van der Waals surface area contributed by atoms with Gasteiger partial charge in [-0.1, -0.05) is 18.2 Å². The predicted octanol–water partition coefficient (Wildman–Crippen LogP) is 3.42. The summed E-state index contributed by atoms with van der Waals surface area (Å²) in [6.45, 7) is -1.02. The Hall–Kier alpha value is -3.46. The summed E-state index contributed by atoms with van der Waals surface area (Å²) >= 11 is 0. The molecule has 2 amide bonds. The largest absolute Gasteiger partial charge is 0.493 e. The summed E-state index contributed by atoms with van der Waals surface area (Å²) in [5.74, 6) is -0.615. The van der Waals surface area contributed by atoms with E-state index in [-0.39, 0.29) is 17.4 Å². The summed E-state index contributed by atoms with van der Waals surface area (Å²) in [5, 5.41) is 2.71. The molecule has 31 heavy (non-hydrogen) atoms. The van der Waals surface area contributed by atoms with Crippen molar-refractivity contribution in [3.05, 3.63) is 59.7 Å². The van der Waals surface area contributed by atoms with Gasteiger partial charge in [0, 0.05) is 19.2 Å². The second kappa shape index (κ2) is 10.5. The first-order valence-corrected chi connectivity index (χ1v) is 9.56. The van der Waals surface area contributed by atoms with Crippen molar-refractivity contribution in [1.29, 1.82) is 0 Å². The third-order valence-corrected chi connectivity index (χ3v) is 4.54. The van der Waals surface area contributed by atoms with Crippen LogP contribution >= 0.6 is 0 Å².